The third-order valence-electron chi connectivity index (χ3n) is 3.17. The minimum atomic E-state index is -0.228. The fourth-order valence-corrected chi connectivity index (χ4v) is 2.08. The molecular weight excluding hydrogens is 227 g/mol. The number of aryl methyl sites for hydroxylation is 1. The third kappa shape index (κ3) is 2.75. The Bertz CT molecular complexity index is 525. The molecule has 0 aliphatic rings. The lowest BCUT2D eigenvalue weighted by molar-refractivity contribution is 0.510. The summed E-state index contributed by atoms with van der Waals surface area (Å²) in [6.07, 6.45) is 0.671. The van der Waals surface area contributed by atoms with Crippen molar-refractivity contribution in [2.75, 3.05) is 0 Å². The smallest absolute Gasteiger partial charge is 0.128 e. The molecule has 0 fully saturated rings. The van der Waals surface area contributed by atoms with Crippen molar-refractivity contribution in [3.8, 4) is 0 Å². The van der Waals surface area contributed by atoms with Gasteiger partial charge in [-0.3, -0.25) is 11.3 Å². The van der Waals surface area contributed by atoms with Crippen LogP contribution in [-0.2, 0) is 6.42 Å². The molecule has 0 radical (unpaired) electrons. The summed E-state index contributed by atoms with van der Waals surface area (Å²) in [4.78, 5) is 0. The molecule has 0 saturated heterocycles. The molecule has 94 valence electrons. The van der Waals surface area contributed by atoms with E-state index in [4.69, 9.17) is 5.84 Å². The van der Waals surface area contributed by atoms with Crippen molar-refractivity contribution < 1.29 is 4.39 Å². The summed E-state index contributed by atoms with van der Waals surface area (Å²) in [5, 5.41) is 0. The van der Waals surface area contributed by atoms with Gasteiger partial charge in [0.25, 0.3) is 0 Å². The summed E-state index contributed by atoms with van der Waals surface area (Å²) in [6.45, 7) is 2.05. The van der Waals surface area contributed by atoms with Crippen LogP contribution in [0.15, 0.2) is 48.5 Å². The van der Waals surface area contributed by atoms with Gasteiger partial charge in [-0.1, -0.05) is 42.5 Å². The summed E-state index contributed by atoms with van der Waals surface area (Å²) >= 11 is 0. The Morgan fingerprint density at radius 2 is 1.78 bits per heavy atom. The minimum Gasteiger partial charge on any atom is -0.271 e. The summed E-state index contributed by atoms with van der Waals surface area (Å²) in [6, 6.07) is 14.6. The third-order valence-corrected chi connectivity index (χ3v) is 3.17. The van der Waals surface area contributed by atoms with Gasteiger partial charge >= 0.3 is 0 Å². The summed E-state index contributed by atoms with van der Waals surface area (Å²) < 4.78 is 13.7. The van der Waals surface area contributed by atoms with Gasteiger partial charge in [0.2, 0.25) is 0 Å². The molecule has 2 nitrogen and oxygen atoms in total. The molecule has 1 atom stereocenters. The van der Waals surface area contributed by atoms with Gasteiger partial charge in [-0.15, -0.1) is 0 Å². The zero-order valence-electron chi connectivity index (χ0n) is 10.4. The van der Waals surface area contributed by atoms with Gasteiger partial charge in [-0.25, -0.2) is 4.39 Å². The van der Waals surface area contributed by atoms with Gasteiger partial charge in [0.15, 0.2) is 0 Å². The molecule has 1 unspecified atom stereocenters. The van der Waals surface area contributed by atoms with E-state index >= 15 is 0 Å². The van der Waals surface area contributed by atoms with Crippen molar-refractivity contribution in [1.82, 2.24) is 5.43 Å². The maximum Gasteiger partial charge on any atom is 0.128 e. The van der Waals surface area contributed by atoms with Crippen molar-refractivity contribution in [1.29, 1.82) is 0 Å². The van der Waals surface area contributed by atoms with Gasteiger partial charge < -0.3 is 0 Å². The maximum absolute atomic E-state index is 13.7. The molecule has 3 N–H and O–H groups in total. The molecule has 0 saturated carbocycles. The van der Waals surface area contributed by atoms with E-state index in [9.17, 15) is 4.39 Å². The van der Waals surface area contributed by atoms with Crippen molar-refractivity contribution in [3.05, 3.63) is 71.0 Å². The quantitative estimate of drug-likeness (QED) is 0.641. The van der Waals surface area contributed by atoms with Gasteiger partial charge in [-0.2, -0.15) is 0 Å². The minimum absolute atomic E-state index is 0.215. The Kier molecular flexibility index (Phi) is 4.07. The molecule has 0 aliphatic carbocycles. The number of nitrogens with one attached hydrogen (secondary N) is 1. The Morgan fingerprint density at radius 3 is 2.44 bits per heavy atom. The van der Waals surface area contributed by atoms with Crippen LogP contribution in [0, 0.1) is 12.7 Å². The Labute approximate surface area is 107 Å². The van der Waals surface area contributed by atoms with E-state index in [2.05, 4.69) is 5.43 Å². The average molecular weight is 244 g/mol. The number of hydrazine groups is 1. The number of hydrogen-bond acceptors (Lipinski definition) is 2. The predicted molar refractivity (Wildman–Crippen MR) is 71.3 cm³/mol. The van der Waals surface area contributed by atoms with Crippen molar-refractivity contribution in [3.63, 3.8) is 0 Å². The predicted octanol–water partition coefficient (Wildman–Crippen LogP) is 2.88. The van der Waals surface area contributed by atoms with E-state index < -0.39 is 0 Å². The fraction of sp³-hybridized carbons (Fsp3) is 0.200. The first-order valence-electron chi connectivity index (χ1n) is 5.97. The van der Waals surface area contributed by atoms with E-state index in [0.29, 0.717) is 12.0 Å². The highest BCUT2D eigenvalue weighted by Gasteiger charge is 2.15. The topological polar surface area (TPSA) is 38.0 Å². The van der Waals surface area contributed by atoms with Crippen molar-refractivity contribution in [2.24, 2.45) is 5.84 Å². The normalized spacial score (nSPS) is 12.4. The van der Waals surface area contributed by atoms with E-state index in [0.717, 1.165) is 0 Å². The van der Waals surface area contributed by atoms with Gasteiger partial charge in [0.05, 0.1) is 6.04 Å². The summed E-state index contributed by atoms with van der Waals surface area (Å²) in [5.41, 5.74) is 5.65. The van der Waals surface area contributed by atoms with Gasteiger partial charge in [0, 0.05) is 5.56 Å². The zero-order chi connectivity index (χ0) is 13.0. The van der Waals surface area contributed by atoms with Crippen LogP contribution in [0.3, 0.4) is 0 Å². The second-order valence-electron chi connectivity index (χ2n) is 4.37. The molecule has 0 aliphatic heterocycles. The first-order valence-corrected chi connectivity index (χ1v) is 5.97. The number of nitrogens with two attached hydrogens (primary N) is 1. The molecule has 2 aromatic carbocycles. The lowest BCUT2D eigenvalue weighted by Crippen LogP contribution is -2.30. The molecule has 3 heteroatoms. The highest BCUT2D eigenvalue weighted by molar-refractivity contribution is 5.29. The number of halogens is 1. The highest BCUT2D eigenvalue weighted by atomic mass is 19.1. The van der Waals surface area contributed by atoms with Crippen LogP contribution >= 0.6 is 0 Å². The zero-order valence-corrected chi connectivity index (χ0v) is 10.4. The molecule has 0 amide bonds. The molecule has 2 aromatic rings. The molecule has 0 aromatic heterocycles. The lowest BCUT2D eigenvalue weighted by atomic mass is 9.96. The maximum atomic E-state index is 13.7. The Morgan fingerprint density at radius 1 is 1.11 bits per heavy atom. The average Bonchev–Trinajstić information content (AvgIpc) is 2.39. The lowest BCUT2D eigenvalue weighted by Gasteiger charge is -2.18. The summed E-state index contributed by atoms with van der Waals surface area (Å²) in [7, 11) is 0. The molecular formula is C15H17FN2. The van der Waals surface area contributed by atoms with Crippen LogP contribution in [0.5, 0.6) is 0 Å². The molecule has 18 heavy (non-hydrogen) atoms. The Balaban J connectivity index is 2.26. The highest BCUT2D eigenvalue weighted by Crippen LogP contribution is 2.21. The Hall–Kier alpha value is -1.71. The van der Waals surface area contributed by atoms with Crippen molar-refractivity contribution >= 4 is 0 Å². The van der Waals surface area contributed by atoms with Gasteiger partial charge in [0.1, 0.15) is 5.82 Å². The molecule has 2 rings (SSSR count). The fourth-order valence-electron chi connectivity index (χ4n) is 2.08. The van der Waals surface area contributed by atoms with Crippen molar-refractivity contribution in [2.45, 2.75) is 19.4 Å². The molecule has 0 heterocycles. The van der Waals surface area contributed by atoms with E-state index in [1.165, 1.54) is 17.2 Å². The first kappa shape index (κ1) is 12.7. The summed E-state index contributed by atoms with van der Waals surface area (Å²) in [5.74, 6) is 5.33. The SMILES string of the molecule is Cc1ccccc1CC(NN)c1ccccc1F. The number of benzene rings is 2. The molecule has 0 spiro atoms. The molecule has 0 bridgehead atoms. The monoisotopic (exact) mass is 244 g/mol. The van der Waals surface area contributed by atoms with E-state index in [-0.39, 0.29) is 11.9 Å². The van der Waals surface area contributed by atoms with Crippen LogP contribution in [0.2, 0.25) is 0 Å². The van der Waals surface area contributed by atoms with Crippen LogP contribution in [0.1, 0.15) is 22.7 Å². The first-order chi connectivity index (χ1) is 8.72. The second-order valence-corrected chi connectivity index (χ2v) is 4.37. The largest absolute Gasteiger partial charge is 0.271 e. The van der Waals surface area contributed by atoms with E-state index in [1.807, 2.05) is 37.3 Å². The van der Waals surface area contributed by atoms with Crippen LogP contribution in [0.25, 0.3) is 0 Å². The van der Waals surface area contributed by atoms with Gasteiger partial charge in [-0.05, 0) is 30.5 Å². The number of rotatable bonds is 4. The second kappa shape index (κ2) is 5.76. The van der Waals surface area contributed by atoms with Crippen LogP contribution in [-0.4, -0.2) is 0 Å². The van der Waals surface area contributed by atoms with E-state index in [1.54, 1.807) is 12.1 Å². The van der Waals surface area contributed by atoms with Crippen LogP contribution in [0.4, 0.5) is 4.39 Å². The number of hydrogen-bond donors (Lipinski definition) is 2. The van der Waals surface area contributed by atoms with Crippen LogP contribution < -0.4 is 11.3 Å². The standard InChI is InChI=1S/C15H17FN2/c1-11-6-2-3-7-12(11)10-15(18-17)13-8-4-5-9-14(13)16/h2-9,15,18H,10,17H2,1H3.